The Balaban J connectivity index is 2.34. The standard InChI is InChI=1S/C14H20ClN3O2/c1-3-4-7-16-14(20)18-13(19)9-17-12-6-5-10(2)8-11(12)15/h5-6,8,17H,3-4,7,9H2,1-2H3,(H2,16,18,19,20). The third-order valence-corrected chi connectivity index (χ3v) is 2.95. The van der Waals surface area contributed by atoms with Gasteiger partial charge in [0, 0.05) is 6.54 Å². The number of anilines is 1. The fourth-order valence-electron chi connectivity index (χ4n) is 1.53. The number of hydrogen-bond donors (Lipinski definition) is 3. The lowest BCUT2D eigenvalue weighted by molar-refractivity contribution is -0.118. The number of hydrogen-bond acceptors (Lipinski definition) is 3. The van der Waals surface area contributed by atoms with Crippen molar-refractivity contribution in [1.82, 2.24) is 10.6 Å². The van der Waals surface area contributed by atoms with E-state index in [1.54, 1.807) is 12.1 Å². The molecule has 6 heteroatoms. The first-order chi connectivity index (χ1) is 9.52. The monoisotopic (exact) mass is 297 g/mol. The van der Waals surface area contributed by atoms with Crippen LogP contribution in [-0.2, 0) is 4.79 Å². The van der Waals surface area contributed by atoms with Crippen LogP contribution in [-0.4, -0.2) is 25.0 Å². The molecule has 1 aromatic carbocycles. The minimum atomic E-state index is -0.472. The molecule has 20 heavy (non-hydrogen) atoms. The van der Waals surface area contributed by atoms with Crippen LogP contribution in [0.2, 0.25) is 5.02 Å². The highest BCUT2D eigenvalue weighted by molar-refractivity contribution is 6.33. The minimum absolute atomic E-state index is 0.00994. The molecule has 1 rings (SSSR count). The second-order valence-corrected chi connectivity index (χ2v) is 4.90. The summed E-state index contributed by atoms with van der Waals surface area (Å²) in [4.78, 5) is 22.9. The molecular formula is C14H20ClN3O2. The average molecular weight is 298 g/mol. The second kappa shape index (κ2) is 8.43. The number of halogens is 1. The lowest BCUT2D eigenvalue weighted by Gasteiger charge is -2.09. The Kier molecular flexibility index (Phi) is 6.87. The number of benzene rings is 1. The largest absolute Gasteiger partial charge is 0.375 e. The first-order valence-electron chi connectivity index (χ1n) is 6.60. The average Bonchev–Trinajstić information content (AvgIpc) is 2.38. The predicted molar refractivity (Wildman–Crippen MR) is 81.1 cm³/mol. The van der Waals surface area contributed by atoms with E-state index in [0.29, 0.717) is 17.3 Å². The van der Waals surface area contributed by atoms with Crippen molar-refractivity contribution in [1.29, 1.82) is 0 Å². The Morgan fingerprint density at radius 3 is 2.70 bits per heavy atom. The molecule has 0 heterocycles. The summed E-state index contributed by atoms with van der Waals surface area (Å²) in [7, 11) is 0. The number of carbonyl (C=O) groups is 2. The quantitative estimate of drug-likeness (QED) is 0.707. The van der Waals surface area contributed by atoms with Crippen molar-refractivity contribution >= 4 is 29.2 Å². The van der Waals surface area contributed by atoms with Crippen LogP contribution in [0.15, 0.2) is 18.2 Å². The lowest BCUT2D eigenvalue weighted by Crippen LogP contribution is -2.42. The molecule has 0 spiro atoms. The van der Waals surface area contributed by atoms with Crippen molar-refractivity contribution in [3.63, 3.8) is 0 Å². The fraction of sp³-hybridized carbons (Fsp3) is 0.429. The van der Waals surface area contributed by atoms with E-state index in [-0.39, 0.29) is 6.54 Å². The van der Waals surface area contributed by atoms with Crippen LogP contribution in [0, 0.1) is 6.92 Å². The molecule has 0 aromatic heterocycles. The van der Waals surface area contributed by atoms with Crippen molar-refractivity contribution in [2.24, 2.45) is 0 Å². The van der Waals surface area contributed by atoms with E-state index < -0.39 is 11.9 Å². The Morgan fingerprint density at radius 2 is 2.05 bits per heavy atom. The summed E-state index contributed by atoms with van der Waals surface area (Å²) >= 11 is 6.03. The molecule has 0 aliphatic rings. The summed E-state index contributed by atoms with van der Waals surface area (Å²) < 4.78 is 0. The van der Waals surface area contributed by atoms with Gasteiger partial charge in [-0.2, -0.15) is 0 Å². The highest BCUT2D eigenvalue weighted by atomic mass is 35.5. The zero-order valence-corrected chi connectivity index (χ0v) is 12.5. The molecule has 3 N–H and O–H groups in total. The Hall–Kier alpha value is -1.75. The smallest absolute Gasteiger partial charge is 0.321 e. The van der Waals surface area contributed by atoms with E-state index in [9.17, 15) is 9.59 Å². The van der Waals surface area contributed by atoms with Gasteiger partial charge in [-0.3, -0.25) is 10.1 Å². The van der Waals surface area contributed by atoms with Crippen molar-refractivity contribution in [3.05, 3.63) is 28.8 Å². The normalized spacial score (nSPS) is 9.95. The summed E-state index contributed by atoms with van der Waals surface area (Å²) in [5.74, 6) is -0.407. The third kappa shape index (κ3) is 5.93. The van der Waals surface area contributed by atoms with Crippen LogP contribution >= 0.6 is 11.6 Å². The van der Waals surface area contributed by atoms with Crippen LogP contribution in [0.4, 0.5) is 10.5 Å². The molecule has 0 aliphatic carbocycles. The molecule has 0 aliphatic heterocycles. The number of urea groups is 1. The Morgan fingerprint density at radius 1 is 1.30 bits per heavy atom. The number of rotatable bonds is 6. The van der Waals surface area contributed by atoms with Gasteiger partial charge in [-0.05, 0) is 31.0 Å². The van der Waals surface area contributed by atoms with Crippen LogP contribution < -0.4 is 16.0 Å². The zero-order valence-electron chi connectivity index (χ0n) is 11.8. The van der Waals surface area contributed by atoms with Crippen molar-refractivity contribution in [2.45, 2.75) is 26.7 Å². The zero-order chi connectivity index (χ0) is 15.0. The van der Waals surface area contributed by atoms with Gasteiger partial charge < -0.3 is 10.6 Å². The summed E-state index contributed by atoms with van der Waals surface area (Å²) in [6.07, 6.45) is 1.88. The molecule has 0 radical (unpaired) electrons. The second-order valence-electron chi connectivity index (χ2n) is 4.49. The van der Waals surface area contributed by atoms with E-state index >= 15 is 0 Å². The summed E-state index contributed by atoms with van der Waals surface area (Å²) in [6, 6.07) is 5.02. The predicted octanol–water partition coefficient (Wildman–Crippen LogP) is 2.69. The van der Waals surface area contributed by atoms with Gasteiger partial charge in [0.05, 0.1) is 17.3 Å². The van der Waals surface area contributed by atoms with Gasteiger partial charge in [-0.25, -0.2) is 4.79 Å². The molecule has 0 unspecified atom stereocenters. The van der Waals surface area contributed by atoms with E-state index in [1.165, 1.54) is 0 Å². The minimum Gasteiger partial charge on any atom is -0.375 e. The van der Waals surface area contributed by atoms with Gasteiger partial charge in [0.1, 0.15) is 0 Å². The van der Waals surface area contributed by atoms with E-state index in [2.05, 4.69) is 16.0 Å². The molecule has 0 saturated carbocycles. The molecule has 0 fully saturated rings. The topological polar surface area (TPSA) is 70.2 Å². The van der Waals surface area contributed by atoms with E-state index in [4.69, 9.17) is 11.6 Å². The molecule has 1 aromatic rings. The molecular weight excluding hydrogens is 278 g/mol. The molecule has 0 saturated heterocycles. The van der Waals surface area contributed by atoms with Gasteiger partial charge in [-0.15, -0.1) is 0 Å². The number of imide groups is 1. The van der Waals surface area contributed by atoms with Crippen LogP contribution in [0.1, 0.15) is 25.3 Å². The summed E-state index contributed by atoms with van der Waals surface area (Å²) in [5.41, 5.74) is 1.71. The molecule has 5 nitrogen and oxygen atoms in total. The van der Waals surface area contributed by atoms with Gasteiger partial charge >= 0.3 is 6.03 Å². The molecule has 0 bridgehead atoms. The first kappa shape index (κ1) is 16.3. The highest BCUT2D eigenvalue weighted by Gasteiger charge is 2.07. The third-order valence-electron chi connectivity index (χ3n) is 2.63. The SMILES string of the molecule is CCCCNC(=O)NC(=O)CNc1ccc(C)cc1Cl. The Labute approximate surface area is 124 Å². The first-order valence-corrected chi connectivity index (χ1v) is 6.98. The maximum atomic E-state index is 11.6. The summed E-state index contributed by atoms with van der Waals surface area (Å²) in [5, 5.41) is 8.29. The fourth-order valence-corrected chi connectivity index (χ4v) is 1.83. The number of unbranched alkanes of at least 4 members (excludes halogenated alkanes) is 1. The van der Waals surface area contributed by atoms with Gasteiger partial charge in [0.25, 0.3) is 0 Å². The number of nitrogens with one attached hydrogen (secondary N) is 3. The maximum absolute atomic E-state index is 11.6. The highest BCUT2D eigenvalue weighted by Crippen LogP contribution is 2.22. The van der Waals surface area contributed by atoms with Crippen molar-refractivity contribution in [2.75, 3.05) is 18.4 Å². The molecule has 110 valence electrons. The molecule has 0 atom stereocenters. The lowest BCUT2D eigenvalue weighted by atomic mass is 10.2. The molecule has 3 amide bonds. The number of amides is 3. The van der Waals surface area contributed by atoms with E-state index in [0.717, 1.165) is 18.4 Å². The van der Waals surface area contributed by atoms with Crippen molar-refractivity contribution in [3.8, 4) is 0 Å². The number of aryl methyl sites for hydroxylation is 1. The van der Waals surface area contributed by atoms with Gasteiger partial charge in [0.15, 0.2) is 0 Å². The van der Waals surface area contributed by atoms with Gasteiger partial charge in [-0.1, -0.05) is 31.0 Å². The van der Waals surface area contributed by atoms with Crippen molar-refractivity contribution < 1.29 is 9.59 Å². The Bertz CT molecular complexity index is 477. The van der Waals surface area contributed by atoms with Gasteiger partial charge in [0.2, 0.25) is 5.91 Å². The summed E-state index contributed by atoms with van der Waals surface area (Å²) in [6.45, 7) is 4.51. The van der Waals surface area contributed by atoms with Crippen LogP contribution in [0.3, 0.4) is 0 Å². The van der Waals surface area contributed by atoms with Crippen LogP contribution in [0.5, 0.6) is 0 Å². The number of carbonyl (C=O) groups excluding carboxylic acids is 2. The van der Waals surface area contributed by atoms with E-state index in [1.807, 2.05) is 19.9 Å². The van der Waals surface area contributed by atoms with Crippen LogP contribution in [0.25, 0.3) is 0 Å². The maximum Gasteiger partial charge on any atom is 0.321 e.